The lowest BCUT2D eigenvalue weighted by Crippen LogP contribution is -2.36. The first-order valence-corrected chi connectivity index (χ1v) is 4.57. The van der Waals surface area contributed by atoms with E-state index in [2.05, 4.69) is 10.2 Å². The summed E-state index contributed by atoms with van der Waals surface area (Å²) in [5, 5.41) is 15.7. The molecule has 1 heterocycles. The summed E-state index contributed by atoms with van der Waals surface area (Å²) in [6.45, 7) is 0.437. The van der Waals surface area contributed by atoms with Crippen LogP contribution in [0, 0.1) is 0 Å². The van der Waals surface area contributed by atoms with Gasteiger partial charge in [-0.25, -0.2) is 0 Å². The molecule has 1 amide bonds. The van der Waals surface area contributed by atoms with Gasteiger partial charge in [-0.3, -0.25) is 9.89 Å². The summed E-state index contributed by atoms with van der Waals surface area (Å²) < 4.78 is 4.77. The van der Waals surface area contributed by atoms with Gasteiger partial charge in [-0.1, -0.05) is 0 Å². The minimum Gasteiger partial charge on any atom is -0.389 e. The second kappa shape index (κ2) is 5.47. The predicted molar refractivity (Wildman–Crippen MR) is 53.4 cm³/mol. The molecule has 0 saturated heterocycles. The second-order valence-corrected chi connectivity index (χ2v) is 3.27. The van der Waals surface area contributed by atoms with Crippen LogP contribution in [0.25, 0.3) is 0 Å². The molecule has 0 spiro atoms. The van der Waals surface area contributed by atoms with E-state index in [1.54, 1.807) is 13.1 Å². The summed E-state index contributed by atoms with van der Waals surface area (Å²) in [6, 6.07) is 1.58. The van der Waals surface area contributed by atoms with Crippen molar-refractivity contribution in [1.82, 2.24) is 15.1 Å². The van der Waals surface area contributed by atoms with Crippen molar-refractivity contribution >= 4 is 5.91 Å². The monoisotopic (exact) mass is 213 g/mol. The number of methoxy groups -OCH3 is 1. The van der Waals surface area contributed by atoms with Crippen LogP contribution in [-0.4, -0.2) is 59.5 Å². The number of nitrogens with one attached hydrogen (secondary N) is 1. The predicted octanol–water partition coefficient (Wildman–Crippen LogP) is -0.511. The van der Waals surface area contributed by atoms with E-state index in [0.717, 1.165) is 0 Å². The van der Waals surface area contributed by atoms with Crippen LogP contribution in [-0.2, 0) is 4.74 Å². The smallest absolute Gasteiger partial charge is 0.271 e. The highest BCUT2D eigenvalue weighted by molar-refractivity contribution is 5.91. The number of rotatable bonds is 5. The third kappa shape index (κ3) is 3.34. The van der Waals surface area contributed by atoms with Crippen LogP contribution in [0.5, 0.6) is 0 Å². The molecule has 1 rings (SSSR count). The van der Waals surface area contributed by atoms with Crippen molar-refractivity contribution in [3.8, 4) is 0 Å². The molecule has 15 heavy (non-hydrogen) atoms. The van der Waals surface area contributed by atoms with E-state index in [4.69, 9.17) is 4.74 Å². The van der Waals surface area contributed by atoms with Gasteiger partial charge < -0.3 is 14.7 Å². The Labute approximate surface area is 87.8 Å². The van der Waals surface area contributed by atoms with E-state index in [0.29, 0.717) is 5.69 Å². The van der Waals surface area contributed by atoms with Crippen molar-refractivity contribution in [2.24, 2.45) is 0 Å². The number of hydrogen-bond donors (Lipinski definition) is 2. The summed E-state index contributed by atoms with van der Waals surface area (Å²) in [7, 11) is 3.11. The van der Waals surface area contributed by atoms with Crippen LogP contribution in [0.4, 0.5) is 0 Å². The number of aromatic amines is 1. The number of likely N-dealkylation sites (N-methyl/N-ethyl adjacent to an activating group) is 1. The average molecular weight is 213 g/mol. The molecular formula is C9H15N3O3. The van der Waals surface area contributed by atoms with E-state index >= 15 is 0 Å². The van der Waals surface area contributed by atoms with Crippen molar-refractivity contribution in [2.45, 2.75) is 6.10 Å². The molecule has 0 radical (unpaired) electrons. The van der Waals surface area contributed by atoms with Crippen molar-refractivity contribution in [2.75, 3.05) is 27.3 Å². The molecule has 0 aromatic carbocycles. The summed E-state index contributed by atoms with van der Waals surface area (Å²) in [5.74, 6) is -0.206. The zero-order chi connectivity index (χ0) is 11.3. The molecule has 1 aromatic heterocycles. The number of carbonyl (C=O) groups is 1. The van der Waals surface area contributed by atoms with Gasteiger partial charge in [-0.05, 0) is 6.07 Å². The molecule has 84 valence electrons. The van der Waals surface area contributed by atoms with Crippen molar-refractivity contribution in [3.63, 3.8) is 0 Å². The molecule has 1 unspecified atom stereocenters. The first-order chi connectivity index (χ1) is 7.15. The number of aliphatic hydroxyl groups excluding tert-OH is 1. The van der Waals surface area contributed by atoms with Gasteiger partial charge in [0.1, 0.15) is 5.69 Å². The fraction of sp³-hybridized carbons (Fsp3) is 0.556. The molecule has 0 aliphatic carbocycles. The molecule has 6 nitrogen and oxygen atoms in total. The minimum atomic E-state index is -0.674. The largest absolute Gasteiger partial charge is 0.389 e. The van der Waals surface area contributed by atoms with Gasteiger partial charge in [0.2, 0.25) is 0 Å². The molecule has 1 atom stereocenters. The number of aromatic nitrogens is 2. The molecule has 6 heteroatoms. The SMILES string of the molecule is COCC(O)CN(C)C(=O)c1ccn[nH]1. The summed E-state index contributed by atoms with van der Waals surface area (Å²) in [5.41, 5.74) is 0.405. The quantitative estimate of drug-likeness (QED) is 0.690. The Kier molecular flexibility index (Phi) is 4.26. The fourth-order valence-corrected chi connectivity index (χ4v) is 1.22. The van der Waals surface area contributed by atoms with E-state index in [-0.39, 0.29) is 19.1 Å². The maximum atomic E-state index is 11.6. The Morgan fingerprint density at radius 1 is 1.80 bits per heavy atom. The number of hydrogen-bond acceptors (Lipinski definition) is 4. The first-order valence-electron chi connectivity index (χ1n) is 4.57. The van der Waals surface area contributed by atoms with E-state index in [9.17, 15) is 9.90 Å². The zero-order valence-electron chi connectivity index (χ0n) is 8.80. The minimum absolute atomic E-state index is 0.206. The van der Waals surface area contributed by atoms with Crippen molar-refractivity contribution in [1.29, 1.82) is 0 Å². The molecule has 1 aromatic rings. The number of aliphatic hydroxyl groups is 1. The van der Waals surface area contributed by atoms with Crippen molar-refractivity contribution in [3.05, 3.63) is 18.0 Å². The van der Waals surface area contributed by atoms with E-state index < -0.39 is 6.10 Å². The van der Waals surface area contributed by atoms with Crippen LogP contribution >= 0.6 is 0 Å². The van der Waals surface area contributed by atoms with Crippen LogP contribution in [0.2, 0.25) is 0 Å². The van der Waals surface area contributed by atoms with Gasteiger partial charge >= 0.3 is 0 Å². The van der Waals surface area contributed by atoms with E-state index in [1.807, 2.05) is 0 Å². The zero-order valence-corrected chi connectivity index (χ0v) is 8.80. The maximum absolute atomic E-state index is 11.6. The van der Waals surface area contributed by atoms with Gasteiger partial charge in [-0.2, -0.15) is 5.10 Å². The first kappa shape index (κ1) is 11.7. The number of amides is 1. The van der Waals surface area contributed by atoms with Gasteiger partial charge in [0.15, 0.2) is 0 Å². The highest BCUT2D eigenvalue weighted by Crippen LogP contribution is 1.99. The molecule has 0 saturated carbocycles. The molecule has 0 fully saturated rings. The Morgan fingerprint density at radius 2 is 2.53 bits per heavy atom. The number of ether oxygens (including phenoxy) is 1. The lowest BCUT2D eigenvalue weighted by molar-refractivity contribution is 0.0378. The molecule has 2 N–H and O–H groups in total. The molecular weight excluding hydrogens is 198 g/mol. The highest BCUT2D eigenvalue weighted by Gasteiger charge is 2.15. The Balaban J connectivity index is 2.47. The summed E-state index contributed by atoms with van der Waals surface area (Å²) in [4.78, 5) is 13.1. The Hall–Kier alpha value is -1.40. The normalized spacial score (nSPS) is 12.5. The number of nitrogens with zero attached hydrogens (tertiary/aromatic N) is 2. The third-order valence-corrected chi connectivity index (χ3v) is 1.92. The standard InChI is InChI=1S/C9H15N3O3/c1-12(5-7(13)6-15-2)9(14)8-3-4-10-11-8/h3-4,7,13H,5-6H2,1-2H3,(H,10,11). The fourth-order valence-electron chi connectivity index (χ4n) is 1.22. The van der Waals surface area contributed by atoms with Gasteiger partial charge in [0.25, 0.3) is 5.91 Å². The molecule has 0 bridgehead atoms. The van der Waals surface area contributed by atoms with Crippen LogP contribution in [0.15, 0.2) is 12.3 Å². The number of carbonyl (C=O) groups excluding carboxylic acids is 1. The van der Waals surface area contributed by atoms with Crippen molar-refractivity contribution < 1.29 is 14.6 Å². The summed E-state index contributed by atoms with van der Waals surface area (Å²) in [6.07, 6.45) is 0.832. The van der Waals surface area contributed by atoms with Gasteiger partial charge in [0, 0.05) is 26.9 Å². The number of H-pyrrole nitrogens is 1. The lowest BCUT2D eigenvalue weighted by Gasteiger charge is -2.19. The third-order valence-electron chi connectivity index (χ3n) is 1.92. The highest BCUT2D eigenvalue weighted by atomic mass is 16.5. The second-order valence-electron chi connectivity index (χ2n) is 3.27. The lowest BCUT2D eigenvalue weighted by atomic mass is 10.3. The maximum Gasteiger partial charge on any atom is 0.271 e. The Bertz CT molecular complexity index is 300. The average Bonchev–Trinajstić information content (AvgIpc) is 2.69. The van der Waals surface area contributed by atoms with Crippen LogP contribution < -0.4 is 0 Å². The van der Waals surface area contributed by atoms with E-state index in [1.165, 1.54) is 18.2 Å². The van der Waals surface area contributed by atoms with Crippen LogP contribution in [0.3, 0.4) is 0 Å². The molecule has 0 aliphatic rings. The van der Waals surface area contributed by atoms with Gasteiger partial charge in [-0.15, -0.1) is 0 Å². The topological polar surface area (TPSA) is 78.5 Å². The van der Waals surface area contributed by atoms with Gasteiger partial charge in [0.05, 0.1) is 12.7 Å². The Morgan fingerprint density at radius 3 is 3.07 bits per heavy atom. The molecule has 0 aliphatic heterocycles. The van der Waals surface area contributed by atoms with Crippen LogP contribution in [0.1, 0.15) is 10.5 Å². The summed E-state index contributed by atoms with van der Waals surface area (Å²) >= 11 is 0.